The number of hydrogen-bond donors (Lipinski definition) is 1. The second kappa shape index (κ2) is 10.8. The molecule has 0 aliphatic rings. The van der Waals surface area contributed by atoms with E-state index in [1.807, 2.05) is 33.0 Å². The van der Waals surface area contributed by atoms with Crippen molar-refractivity contribution in [2.75, 3.05) is 20.1 Å². The smallest absolute Gasteiger partial charge is 0.243 e. The first-order valence-electron chi connectivity index (χ1n) is 8.98. The lowest BCUT2D eigenvalue weighted by molar-refractivity contribution is 0.371. The average molecular weight is 417 g/mol. The lowest BCUT2D eigenvalue weighted by Crippen LogP contribution is -2.30. The van der Waals surface area contributed by atoms with E-state index in [0.29, 0.717) is 42.2 Å². The average Bonchev–Trinajstić information content (AvgIpc) is 3.08. The molecule has 0 aliphatic carbocycles. The maximum absolute atomic E-state index is 12.5. The monoisotopic (exact) mass is 416 g/mol. The van der Waals surface area contributed by atoms with E-state index < -0.39 is 10.0 Å². The number of rotatable bonds is 10. The van der Waals surface area contributed by atoms with Gasteiger partial charge in [-0.15, -0.1) is 12.4 Å². The van der Waals surface area contributed by atoms with E-state index in [0.717, 1.165) is 18.4 Å². The molecule has 0 aliphatic heterocycles. The maximum Gasteiger partial charge on any atom is 0.243 e. The number of aryl methyl sites for hydroxylation is 2. The van der Waals surface area contributed by atoms with Gasteiger partial charge in [0.15, 0.2) is 5.82 Å². The number of nitrogens with zero attached hydrogens (tertiary/aromatic N) is 3. The number of benzene rings is 1. The second-order valence-electron chi connectivity index (χ2n) is 6.23. The summed E-state index contributed by atoms with van der Waals surface area (Å²) in [4.78, 5) is 4.72. The van der Waals surface area contributed by atoms with Crippen LogP contribution in [0.15, 0.2) is 33.7 Å². The molecule has 1 N–H and O–H groups in total. The Labute approximate surface area is 168 Å². The van der Waals surface area contributed by atoms with Gasteiger partial charge in [-0.1, -0.05) is 31.1 Å². The number of hydrogen-bond acceptors (Lipinski definition) is 6. The molecule has 0 fully saturated rings. The summed E-state index contributed by atoms with van der Waals surface area (Å²) in [5.41, 5.74) is 1.03. The number of halogens is 1. The van der Waals surface area contributed by atoms with Crippen molar-refractivity contribution in [3.63, 3.8) is 0 Å². The van der Waals surface area contributed by atoms with E-state index in [1.54, 1.807) is 12.1 Å². The van der Waals surface area contributed by atoms with Gasteiger partial charge in [0.25, 0.3) is 0 Å². The summed E-state index contributed by atoms with van der Waals surface area (Å²) >= 11 is 0. The highest BCUT2D eigenvalue weighted by atomic mass is 35.5. The van der Waals surface area contributed by atoms with Crippen molar-refractivity contribution in [2.24, 2.45) is 0 Å². The van der Waals surface area contributed by atoms with Crippen LogP contribution in [-0.2, 0) is 29.3 Å². The summed E-state index contributed by atoms with van der Waals surface area (Å²) in [6.45, 7) is 6.67. The van der Waals surface area contributed by atoms with Crippen molar-refractivity contribution in [1.29, 1.82) is 0 Å². The Balaban J connectivity index is 0.00000364. The fourth-order valence-electron chi connectivity index (χ4n) is 2.64. The molecule has 0 amide bonds. The summed E-state index contributed by atoms with van der Waals surface area (Å²) in [6, 6.07) is 7.31. The molecule has 0 saturated heterocycles. The number of aromatic nitrogens is 2. The predicted octanol–water partition coefficient (Wildman–Crippen LogP) is 2.46. The minimum absolute atomic E-state index is 0. The molecule has 7 nitrogen and oxygen atoms in total. The third kappa shape index (κ3) is 6.27. The molecule has 9 heteroatoms. The predicted molar refractivity (Wildman–Crippen MR) is 108 cm³/mol. The molecule has 0 spiro atoms. The zero-order valence-electron chi connectivity index (χ0n) is 16.3. The molecular weight excluding hydrogens is 388 g/mol. The Morgan fingerprint density at radius 3 is 2.33 bits per heavy atom. The van der Waals surface area contributed by atoms with Crippen LogP contribution in [0.3, 0.4) is 0 Å². The van der Waals surface area contributed by atoms with Gasteiger partial charge < -0.3 is 9.84 Å². The first kappa shape index (κ1) is 23.6. The quantitative estimate of drug-likeness (QED) is 0.640. The fraction of sp³-hybridized carbons (Fsp3) is 0.556. The third-order valence-corrected chi connectivity index (χ3v) is 6.45. The summed E-state index contributed by atoms with van der Waals surface area (Å²) in [6.07, 6.45) is 2.07. The summed E-state index contributed by atoms with van der Waals surface area (Å²) in [5, 5.41) is 7.13. The van der Waals surface area contributed by atoms with Gasteiger partial charge in [-0.2, -0.15) is 9.29 Å². The molecule has 1 aromatic carbocycles. The maximum atomic E-state index is 12.5. The van der Waals surface area contributed by atoms with Crippen molar-refractivity contribution >= 4 is 22.4 Å². The van der Waals surface area contributed by atoms with E-state index in [1.165, 1.54) is 4.31 Å². The van der Waals surface area contributed by atoms with Gasteiger partial charge >= 0.3 is 0 Å². The molecule has 0 radical (unpaired) electrons. The third-order valence-electron chi connectivity index (χ3n) is 4.39. The molecule has 152 valence electrons. The summed E-state index contributed by atoms with van der Waals surface area (Å²) in [7, 11) is -1.51. The largest absolute Gasteiger partial charge is 0.339 e. The van der Waals surface area contributed by atoms with Crippen molar-refractivity contribution in [3.8, 4) is 0 Å². The van der Waals surface area contributed by atoms with E-state index in [-0.39, 0.29) is 12.4 Å². The molecule has 1 atom stereocenters. The van der Waals surface area contributed by atoms with Crippen molar-refractivity contribution in [2.45, 2.75) is 51.0 Å². The van der Waals surface area contributed by atoms with E-state index >= 15 is 0 Å². The van der Waals surface area contributed by atoms with Gasteiger partial charge in [0.05, 0.1) is 4.90 Å². The number of sulfonamides is 1. The molecule has 2 rings (SSSR count). The molecular formula is C18H29ClN4O3S. The first-order chi connectivity index (χ1) is 12.4. The van der Waals surface area contributed by atoms with Crippen molar-refractivity contribution < 1.29 is 12.9 Å². The molecule has 27 heavy (non-hydrogen) atoms. The Hall–Kier alpha value is -1.48. The van der Waals surface area contributed by atoms with E-state index in [2.05, 4.69) is 22.4 Å². The highest BCUT2D eigenvalue weighted by molar-refractivity contribution is 7.89. The van der Waals surface area contributed by atoms with Gasteiger partial charge in [0.1, 0.15) is 0 Å². The minimum atomic E-state index is -3.41. The Kier molecular flexibility index (Phi) is 9.38. The lowest BCUT2D eigenvalue weighted by atomic mass is 10.1. The Bertz CT molecular complexity index is 789. The zero-order valence-corrected chi connectivity index (χ0v) is 17.9. The fourth-order valence-corrected chi connectivity index (χ4v) is 4.10. The van der Waals surface area contributed by atoms with Crippen molar-refractivity contribution in [3.05, 3.63) is 41.5 Å². The van der Waals surface area contributed by atoms with Crippen LogP contribution >= 0.6 is 12.4 Å². The Morgan fingerprint density at radius 1 is 1.15 bits per heavy atom. The highest BCUT2D eigenvalue weighted by Crippen LogP contribution is 2.17. The van der Waals surface area contributed by atoms with Gasteiger partial charge in [0.2, 0.25) is 15.9 Å². The Morgan fingerprint density at radius 2 is 1.78 bits per heavy atom. The molecule has 1 aromatic heterocycles. The molecule has 2 aromatic rings. The first-order valence-corrected chi connectivity index (χ1v) is 10.4. The van der Waals surface area contributed by atoms with Gasteiger partial charge in [-0.05, 0) is 38.1 Å². The SMILES string of the molecule is CCN(CC)S(=O)(=O)c1ccc(CCc2nc(CC(C)NC)no2)cc1.Cl. The van der Waals surface area contributed by atoms with Crippen LogP contribution in [0.25, 0.3) is 0 Å². The second-order valence-corrected chi connectivity index (χ2v) is 8.17. The van der Waals surface area contributed by atoms with Crippen LogP contribution in [0.2, 0.25) is 0 Å². The van der Waals surface area contributed by atoms with Gasteiger partial charge in [0, 0.05) is 32.0 Å². The normalized spacial score (nSPS) is 12.8. The van der Waals surface area contributed by atoms with E-state index in [9.17, 15) is 8.42 Å². The van der Waals surface area contributed by atoms with Gasteiger partial charge in [-0.25, -0.2) is 8.42 Å². The summed E-state index contributed by atoms with van der Waals surface area (Å²) in [5.74, 6) is 1.30. The van der Waals surface area contributed by atoms with Crippen LogP contribution in [-0.4, -0.2) is 49.0 Å². The molecule has 0 saturated carbocycles. The van der Waals surface area contributed by atoms with Gasteiger partial charge in [-0.3, -0.25) is 0 Å². The van der Waals surface area contributed by atoms with Crippen LogP contribution in [0.5, 0.6) is 0 Å². The number of likely N-dealkylation sites (N-methyl/N-ethyl adjacent to an activating group) is 1. The molecule has 1 heterocycles. The van der Waals surface area contributed by atoms with Crippen LogP contribution in [0.1, 0.15) is 38.0 Å². The van der Waals surface area contributed by atoms with Crippen LogP contribution in [0.4, 0.5) is 0 Å². The highest BCUT2D eigenvalue weighted by Gasteiger charge is 2.21. The zero-order chi connectivity index (χ0) is 19.2. The molecule has 0 bridgehead atoms. The van der Waals surface area contributed by atoms with Crippen molar-refractivity contribution in [1.82, 2.24) is 19.8 Å². The van der Waals surface area contributed by atoms with Crippen LogP contribution < -0.4 is 5.32 Å². The van der Waals surface area contributed by atoms with Crippen LogP contribution in [0, 0.1) is 0 Å². The summed E-state index contributed by atoms with van der Waals surface area (Å²) < 4.78 is 31.7. The standard InChI is InChI=1S/C18H28N4O3S.ClH/c1-5-22(6-2)26(23,24)16-10-7-15(8-11-16)9-12-18-20-17(21-25-18)13-14(3)19-4;/h7-8,10-11,14,19H,5-6,9,12-13H2,1-4H3;1H. The topological polar surface area (TPSA) is 88.3 Å². The number of nitrogens with one attached hydrogen (secondary N) is 1. The van der Waals surface area contributed by atoms with E-state index in [4.69, 9.17) is 4.52 Å². The minimum Gasteiger partial charge on any atom is -0.339 e. The lowest BCUT2D eigenvalue weighted by Gasteiger charge is -2.18. The molecule has 1 unspecified atom stereocenters.